The van der Waals surface area contributed by atoms with E-state index in [1.54, 1.807) is 6.08 Å². The standard InChI is InChI=1S/C17H14N2O2S/c1-11-5-7-13(8-6-11)21-14-4-2-3-12(9-14)10-15-16(20)19-17(18)22-15/h2-10H,1H3,(H2,18,19,20)/b15-10+. The molecule has 1 saturated heterocycles. The average molecular weight is 310 g/mol. The van der Waals surface area contributed by atoms with Crippen LogP contribution in [0, 0.1) is 12.3 Å². The zero-order chi connectivity index (χ0) is 15.5. The molecular weight excluding hydrogens is 296 g/mol. The van der Waals surface area contributed by atoms with Crippen LogP contribution in [0.4, 0.5) is 0 Å². The second kappa shape index (κ2) is 6.07. The largest absolute Gasteiger partial charge is 0.457 e. The highest BCUT2D eigenvalue weighted by Gasteiger charge is 2.22. The van der Waals surface area contributed by atoms with E-state index in [0.717, 1.165) is 23.1 Å². The summed E-state index contributed by atoms with van der Waals surface area (Å²) in [6.07, 6.45) is 1.75. The maximum absolute atomic E-state index is 11.6. The topological polar surface area (TPSA) is 62.2 Å². The average Bonchev–Trinajstić information content (AvgIpc) is 2.80. The summed E-state index contributed by atoms with van der Waals surface area (Å²) in [7, 11) is 0. The van der Waals surface area contributed by atoms with E-state index >= 15 is 0 Å². The lowest BCUT2D eigenvalue weighted by Gasteiger charge is -2.06. The molecule has 0 aliphatic carbocycles. The predicted octanol–water partition coefficient (Wildman–Crippen LogP) is 3.93. The Morgan fingerprint density at radius 1 is 1.14 bits per heavy atom. The van der Waals surface area contributed by atoms with Crippen molar-refractivity contribution in [3.63, 3.8) is 0 Å². The third kappa shape index (κ3) is 3.38. The van der Waals surface area contributed by atoms with E-state index in [0.29, 0.717) is 10.7 Å². The summed E-state index contributed by atoms with van der Waals surface area (Å²) >= 11 is 1.12. The Labute approximate surface area is 132 Å². The van der Waals surface area contributed by atoms with Crippen molar-refractivity contribution in [2.24, 2.45) is 0 Å². The van der Waals surface area contributed by atoms with Gasteiger partial charge in [-0.2, -0.15) is 0 Å². The molecule has 0 aromatic heterocycles. The summed E-state index contributed by atoms with van der Waals surface area (Å²) in [5.74, 6) is 1.24. The number of aryl methyl sites for hydroxylation is 1. The van der Waals surface area contributed by atoms with E-state index in [4.69, 9.17) is 10.1 Å². The lowest BCUT2D eigenvalue weighted by Crippen LogP contribution is -2.18. The van der Waals surface area contributed by atoms with Crippen molar-refractivity contribution in [2.75, 3.05) is 0 Å². The van der Waals surface area contributed by atoms with Crippen molar-refractivity contribution in [3.8, 4) is 11.5 Å². The Morgan fingerprint density at radius 3 is 2.59 bits per heavy atom. The smallest absolute Gasteiger partial charge is 0.264 e. The minimum Gasteiger partial charge on any atom is -0.457 e. The van der Waals surface area contributed by atoms with Crippen LogP contribution in [-0.2, 0) is 4.79 Å². The van der Waals surface area contributed by atoms with Gasteiger partial charge in [-0.1, -0.05) is 29.8 Å². The van der Waals surface area contributed by atoms with Gasteiger partial charge in [0.2, 0.25) is 0 Å². The van der Waals surface area contributed by atoms with Crippen molar-refractivity contribution in [2.45, 2.75) is 6.92 Å². The number of carbonyl (C=O) groups is 1. The van der Waals surface area contributed by atoms with Crippen molar-refractivity contribution in [1.82, 2.24) is 5.32 Å². The number of nitrogens with one attached hydrogen (secondary N) is 2. The molecule has 0 radical (unpaired) electrons. The minimum atomic E-state index is -0.236. The van der Waals surface area contributed by atoms with Gasteiger partial charge >= 0.3 is 0 Å². The summed E-state index contributed by atoms with van der Waals surface area (Å²) < 4.78 is 5.81. The molecule has 0 spiro atoms. The summed E-state index contributed by atoms with van der Waals surface area (Å²) in [6.45, 7) is 2.03. The molecule has 5 heteroatoms. The summed E-state index contributed by atoms with van der Waals surface area (Å²) in [4.78, 5) is 12.1. The van der Waals surface area contributed by atoms with Gasteiger partial charge in [0.1, 0.15) is 11.5 Å². The first-order valence-electron chi connectivity index (χ1n) is 6.74. The number of hydrogen-bond donors (Lipinski definition) is 2. The number of ether oxygens (including phenoxy) is 1. The maximum Gasteiger partial charge on any atom is 0.264 e. The number of benzene rings is 2. The van der Waals surface area contributed by atoms with Crippen molar-refractivity contribution in [3.05, 3.63) is 64.6 Å². The van der Waals surface area contributed by atoms with Crippen LogP contribution in [0.25, 0.3) is 6.08 Å². The molecular formula is C17H14N2O2S. The molecule has 1 heterocycles. The van der Waals surface area contributed by atoms with E-state index in [9.17, 15) is 4.79 Å². The van der Waals surface area contributed by atoms with Crippen LogP contribution in [0.1, 0.15) is 11.1 Å². The fourth-order valence-corrected chi connectivity index (χ4v) is 2.71. The maximum atomic E-state index is 11.6. The highest BCUT2D eigenvalue weighted by Crippen LogP contribution is 2.27. The van der Waals surface area contributed by atoms with Crippen LogP contribution in [0.3, 0.4) is 0 Å². The summed E-state index contributed by atoms with van der Waals surface area (Å²) in [5.41, 5.74) is 2.04. The molecule has 22 heavy (non-hydrogen) atoms. The summed E-state index contributed by atoms with van der Waals surface area (Å²) in [6, 6.07) is 15.3. The normalized spacial score (nSPS) is 16.0. The molecule has 3 rings (SSSR count). The SMILES string of the molecule is Cc1ccc(Oc2cccc(/C=C3/SC(=N)NC3=O)c2)cc1. The summed E-state index contributed by atoms with van der Waals surface area (Å²) in [5, 5.41) is 10.1. The number of amidine groups is 1. The van der Waals surface area contributed by atoms with Crippen LogP contribution >= 0.6 is 11.8 Å². The Kier molecular flexibility index (Phi) is 3.98. The first-order chi connectivity index (χ1) is 10.6. The molecule has 1 aliphatic heterocycles. The van der Waals surface area contributed by atoms with E-state index in [-0.39, 0.29) is 11.1 Å². The van der Waals surface area contributed by atoms with Gasteiger partial charge < -0.3 is 10.1 Å². The third-order valence-corrected chi connectivity index (χ3v) is 3.90. The molecule has 2 aromatic carbocycles. The molecule has 0 unspecified atom stereocenters. The Morgan fingerprint density at radius 2 is 1.91 bits per heavy atom. The lowest BCUT2D eigenvalue weighted by molar-refractivity contribution is -0.115. The van der Waals surface area contributed by atoms with E-state index in [1.807, 2.05) is 55.5 Å². The molecule has 0 saturated carbocycles. The molecule has 1 fully saturated rings. The van der Waals surface area contributed by atoms with Crippen LogP contribution in [0.2, 0.25) is 0 Å². The van der Waals surface area contributed by atoms with Gasteiger partial charge in [-0.25, -0.2) is 0 Å². The zero-order valence-corrected chi connectivity index (χ0v) is 12.7. The number of amides is 1. The molecule has 110 valence electrons. The number of rotatable bonds is 3. The molecule has 1 aliphatic rings. The molecule has 4 nitrogen and oxygen atoms in total. The fraction of sp³-hybridized carbons (Fsp3) is 0.0588. The second-order valence-electron chi connectivity index (χ2n) is 4.88. The van der Waals surface area contributed by atoms with Gasteiger partial charge in [0.15, 0.2) is 5.17 Å². The van der Waals surface area contributed by atoms with Gasteiger partial charge in [-0.3, -0.25) is 10.2 Å². The van der Waals surface area contributed by atoms with Gasteiger partial charge in [0.05, 0.1) is 4.91 Å². The van der Waals surface area contributed by atoms with Crippen molar-refractivity contribution in [1.29, 1.82) is 5.41 Å². The van der Waals surface area contributed by atoms with Crippen molar-refractivity contribution >= 4 is 28.9 Å². The zero-order valence-electron chi connectivity index (χ0n) is 11.9. The van der Waals surface area contributed by atoms with Gasteiger partial charge in [0, 0.05) is 0 Å². The first-order valence-corrected chi connectivity index (χ1v) is 7.56. The number of thioether (sulfide) groups is 1. The van der Waals surface area contributed by atoms with Crippen LogP contribution in [0.5, 0.6) is 11.5 Å². The predicted molar refractivity (Wildman–Crippen MR) is 89.1 cm³/mol. The number of carbonyl (C=O) groups excluding carboxylic acids is 1. The highest BCUT2D eigenvalue weighted by atomic mass is 32.2. The van der Waals surface area contributed by atoms with Crippen LogP contribution in [0.15, 0.2) is 53.4 Å². The fourth-order valence-electron chi connectivity index (χ4n) is 2.00. The lowest BCUT2D eigenvalue weighted by atomic mass is 10.2. The quantitative estimate of drug-likeness (QED) is 0.844. The Bertz CT molecular complexity index is 766. The minimum absolute atomic E-state index is 0.156. The van der Waals surface area contributed by atoms with Crippen LogP contribution < -0.4 is 10.1 Å². The van der Waals surface area contributed by atoms with E-state index in [2.05, 4.69) is 5.32 Å². The Balaban J connectivity index is 1.81. The van der Waals surface area contributed by atoms with Crippen molar-refractivity contribution < 1.29 is 9.53 Å². The molecule has 2 aromatic rings. The van der Waals surface area contributed by atoms with Gasteiger partial charge in [-0.05, 0) is 54.6 Å². The van der Waals surface area contributed by atoms with Crippen LogP contribution in [-0.4, -0.2) is 11.1 Å². The molecule has 2 N–H and O–H groups in total. The molecule has 0 atom stereocenters. The van der Waals surface area contributed by atoms with E-state index < -0.39 is 0 Å². The Hall–Kier alpha value is -2.53. The van der Waals surface area contributed by atoms with E-state index in [1.165, 1.54) is 5.56 Å². The second-order valence-corrected chi connectivity index (χ2v) is 5.93. The first kappa shape index (κ1) is 14.4. The number of hydrogen-bond acceptors (Lipinski definition) is 4. The highest BCUT2D eigenvalue weighted by molar-refractivity contribution is 8.18. The third-order valence-electron chi connectivity index (χ3n) is 3.08. The molecule has 0 bridgehead atoms. The molecule has 1 amide bonds. The van der Waals surface area contributed by atoms with Gasteiger partial charge in [0.25, 0.3) is 5.91 Å². The monoisotopic (exact) mass is 310 g/mol. The van der Waals surface area contributed by atoms with Gasteiger partial charge in [-0.15, -0.1) is 0 Å².